The van der Waals surface area contributed by atoms with Crippen molar-refractivity contribution in [2.24, 2.45) is 0 Å². The second-order valence-corrected chi connectivity index (χ2v) is 6.67. The van der Waals surface area contributed by atoms with Crippen LogP contribution >= 0.6 is 0 Å². The molecule has 5 nitrogen and oxygen atoms in total. The first-order valence-electron chi connectivity index (χ1n) is 8.60. The Bertz CT molecular complexity index is 884. The summed E-state index contributed by atoms with van der Waals surface area (Å²) in [5, 5.41) is 4.67. The number of nitrogens with zero attached hydrogens (tertiary/aromatic N) is 4. The van der Waals surface area contributed by atoms with E-state index >= 15 is 0 Å². The van der Waals surface area contributed by atoms with Gasteiger partial charge in [-0.15, -0.1) is 0 Å². The van der Waals surface area contributed by atoms with Crippen molar-refractivity contribution in [2.45, 2.75) is 32.7 Å². The van der Waals surface area contributed by atoms with E-state index in [4.69, 9.17) is 0 Å². The number of amides is 1. The first kappa shape index (κ1) is 15.0. The molecule has 124 valence electrons. The quantitative estimate of drug-likeness (QED) is 0.739. The summed E-state index contributed by atoms with van der Waals surface area (Å²) in [7, 11) is 0. The maximum Gasteiger partial charge on any atom is 0.256 e. The van der Waals surface area contributed by atoms with Gasteiger partial charge in [-0.25, -0.2) is 0 Å². The van der Waals surface area contributed by atoms with Gasteiger partial charge in [-0.1, -0.05) is 6.07 Å². The largest absolute Gasteiger partial charge is 0.339 e. The molecule has 1 saturated heterocycles. The second-order valence-electron chi connectivity index (χ2n) is 6.67. The Kier molecular flexibility index (Phi) is 3.63. The Labute approximate surface area is 141 Å². The van der Waals surface area contributed by atoms with E-state index in [0.717, 1.165) is 48.4 Å². The molecule has 0 N–H and O–H groups in total. The van der Waals surface area contributed by atoms with Crippen molar-refractivity contribution in [1.82, 2.24) is 19.1 Å². The van der Waals surface area contributed by atoms with Gasteiger partial charge in [0.2, 0.25) is 0 Å². The van der Waals surface area contributed by atoms with Crippen LogP contribution in [0.5, 0.6) is 0 Å². The first-order chi connectivity index (χ1) is 11.6. The highest BCUT2D eigenvalue weighted by Crippen LogP contribution is 2.27. The third-order valence-corrected chi connectivity index (χ3v) is 4.70. The van der Waals surface area contributed by atoms with E-state index in [1.807, 2.05) is 52.3 Å². The van der Waals surface area contributed by atoms with Gasteiger partial charge in [0.25, 0.3) is 5.91 Å². The smallest absolute Gasteiger partial charge is 0.256 e. The van der Waals surface area contributed by atoms with Crippen molar-refractivity contribution in [1.29, 1.82) is 0 Å². The average Bonchev–Trinajstić information content (AvgIpc) is 3.32. The summed E-state index contributed by atoms with van der Waals surface area (Å²) < 4.78 is 4.01. The maximum atomic E-state index is 12.9. The number of fused-ring (bicyclic) bond motifs is 1. The number of hydrogen-bond acceptors (Lipinski definition) is 2. The Balaban J connectivity index is 1.82. The number of likely N-dealkylation sites (tertiary alicyclic amines) is 1. The van der Waals surface area contributed by atoms with Gasteiger partial charge in [0.05, 0.1) is 16.8 Å². The SMILES string of the molecule is CC(C)n1ccc(-c2cc(C(=O)N3CCCC3)c3ccccn23)n1. The zero-order valence-corrected chi connectivity index (χ0v) is 14.1. The fourth-order valence-corrected chi connectivity index (χ4v) is 3.37. The molecule has 0 bridgehead atoms. The molecule has 1 fully saturated rings. The van der Waals surface area contributed by atoms with Crippen molar-refractivity contribution in [3.8, 4) is 11.4 Å². The molecule has 5 heteroatoms. The number of rotatable bonds is 3. The highest BCUT2D eigenvalue weighted by molar-refractivity contribution is 6.02. The Morgan fingerprint density at radius 2 is 1.92 bits per heavy atom. The van der Waals surface area contributed by atoms with Crippen molar-refractivity contribution < 1.29 is 4.79 Å². The van der Waals surface area contributed by atoms with E-state index in [1.165, 1.54) is 0 Å². The van der Waals surface area contributed by atoms with Gasteiger partial charge < -0.3 is 9.30 Å². The highest BCUT2D eigenvalue weighted by atomic mass is 16.2. The average molecular weight is 322 g/mol. The van der Waals surface area contributed by atoms with Crippen molar-refractivity contribution in [3.05, 3.63) is 48.3 Å². The number of carbonyl (C=O) groups excluding carboxylic acids is 1. The van der Waals surface area contributed by atoms with Crippen LogP contribution in [-0.4, -0.2) is 38.1 Å². The molecular formula is C19H22N4O. The predicted molar refractivity (Wildman–Crippen MR) is 94.1 cm³/mol. The van der Waals surface area contributed by atoms with Crippen LogP contribution in [0.2, 0.25) is 0 Å². The maximum absolute atomic E-state index is 12.9. The lowest BCUT2D eigenvalue weighted by molar-refractivity contribution is 0.0795. The number of aromatic nitrogens is 3. The Hall–Kier alpha value is -2.56. The number of carbonyl (C=O) groups is 1. The molecule has 0 saturated carbocycles. The van der Waals surface area contributed by atoms with E-state index in [0.29, 0.717) is 6.04 Å². The van der Waals surface area contributed by atoms with E-state index in [1.54, 1.807) is 0 Å². The fourth-order valence-electron chi connectivity index (χ4n) is 3.37. The van der Waals surface area contributed by atoms with E-state index in [2.05, 4.69) is 23.3 Å². The van der Waals surface area contributed by atoms with E-state index in [-0.39, 0.29) is 5.91 Å². The number of hydrogen-bond donors (Lipinski definition) is 0. The summed E-state index contributed by atoms with van der Waals surface area (Å²) in [6.45, 7) is 5.94. The topological polar surface area (TPSA) is 42.5 Å². The monoisotopic (exact) mass is 322 g/mol. The second kappa shape index (κ2) is 5.82. The Morgan fingerprint density at radius 1 is 1.12 bits per heavy atom. The standard InChI is InChI=1S/C19H22N4O/c1-14(2)23-12-8-16(20-23)18-13-15(17-7-3-4-11-22(17)18)19(24)21-9-5-6-10-21/h3-4,7-8,11-14H,5-6,9-10H2,1-2H3. The molecule has 4 rings (SSSR count). The first-order valence-corrected chi connectivity index (χ1v) is 8.60. The minimum absolute atomic E-state index is 0.130. The number of pyridine rings is 1. The third-order valence-electron chi connectivity index (χ3n) is 4.70. The van der Waals surface area contributed by atoms with Gasteiger partial charge in [0, 0.05) is 31.5 Å². The van der Waals surface area contributed by atoms with Gasteiger partial charge >= 0.3 is 0 Å². The van der Waals surface area contributed by atoms with Gasteiger partial charge in [-0.3, -0.25) is 9.48 Å². The molecule has 0 atom stereocenters. The minimum atomic E-state index is 0.130. The summed E-state index contributed by atoms with van der Waals surface area (Å²) in [6.07, 6.45) is 6.19. The minimum Gasteiger partial charge on any atom is -0.339 e. The molecule has 0 aromatic carbocycles. The van der Waals surface area contributed by atoms with Crippen LogP contribution in [0.1, 0.15) is 43.1 Å². The lowest BCUT2D eigenvalue weighted by Gasteiger charge is -2.14. The molecule has 0 spiro atoms. The molecule has 1 aliphatic heterocycles. The summed E-state index contributed by atoms with van der Waals surface area (Å²) in [5.74, 6) is 0.130. The molecule has 4 heterocycles. The molecule has 1 amide bonds. The van der Waals surface area contributed by atoms with Crippen LogP contribution in [0, 0.1) is 0 Å². The van der Waals surface area contributed by atoms with Crippen LogP contribution in [0.4, 0.5) is 0 Å². The van der Waals surface area contributed by atoms with Crippen molar-refractivity contribution in [2.75, 3.05) is 13.1 Å². The zero-order valence-electron chi connectivity index (χ0n) is 14.1. The van der Waals surface area contributed by atoms with Crippen LogP contribution in [0.25, 0.3) is 16.9 Å². The normalized spacial score (nSPS) is 14.9. The molecule has 0 unspecified atom stereocenters. The van der Waals surface area contributed by atoms with Crippen molar-refractivity contribution in [3.63, 3.8) is 0 Å². The van der Waals surface area contributed by atoms with Gasteiger partial charge in [0.1, 0.15) is 5.69 Å². The van der Waals surface area contributed by atoms with Crippen LogP contribution in [-0.2, 0) is 0 Å². The molecule has 0 radical (unpaired) electrons. The molecule has 24 heavy (non-hydrogen) atoms. The zero-order chi connectivity index (χ0) is 16.7. The highest BCUT2D eigenvalue weighted by Gasteiger charge is 2.24. The summed E-state index contributed by atoms with van der Waals surface area (Å²) in [5.41, 5.74) is 3.58. The van der Waals surface area contributed by atoms with E-state index < -0.39 is 0 Å². The fraction of sp³-hybridized carbons (Fsp3) is 0.368. The van der Waals surface area contributed by atoms with Crippen LogP contribution < -0.4 is 0 Å². The van der Waals surface area contributed by atoms with Crippen LogP contribution in [0.3, 0.4) is 0 Å². The molecule has 3 aromatic heterocycles. The molecular weight excluding hydrogens is 300 g/mol. The summed E-state index contributed by atoms with van der Waals surface area (Å²) in [6, 6.07) is 10.3. The predicted octanol–water partition coefficient (Wildman–Crippen LogP) is 3.62. The van der Waals surface area contributed by atoms with E-state index in [9.17, 15) is 4.79 Å². The summed E-state index contributed by atoms with van der Waals surface area (Å²) >= 11 is 0. The van der Waals surface area contributed by atoms with Gasteiger partial charge in [0.15, 0.2) is 0 Å². The molecule has 0 aliphatic carbocycles. The summed E-state index contributed by atoms with van der Waals surface area (Å²) in [4.78, 5) is 14.9. The lowest BCUT2D eigenvalue weighted by Crippen LogP contribution is -2.27. The molecule has 3 aromatic rings. The lowest BCUT2D eigenvalue weighted by atomic mass is 10.2. The van der Waals surface area contributed by atoms with Crippen LogP contribution in [0.15, 0.2) is 42.7 Å². The Morgan fingerprint density at radius 3 is 2.62 bits per heavy atom. The van der Waals surface area contributed by atoms with Crippen molar-refractivity contribution >= 4 is 11.4 Å². The van der Waals surface area contributed by atoms with Gasteiger partial charge in [-0.2, -0.15) is 5.10 Å². The third kappa shape index (κ3) is 2.40. The molecule has 1 aliphatic rings. The van der Waals surface area contributed by atoms with Gasteiger partial charge in [-0.05, 0) is 51.0 Å².